The van der Waals surface area contributed by atoms with E-state index in [0.717, 1.165) is 17.2 Å². The van der Waals surface area contributed by atoms with Gasteiger partial charge in [0.05, 0.1) is 0 Å². The lowest BCUT2D eigenvalue weighted by atomic mass is 10.1. The molecule has 0 saturated carbocycles. The first-order chi connectivity index (χ1) is 9.08. The van der Waals surface area contributed by atoms with Crippen LogP contribution < -0.4 is 11.1 Å². The molecule has 2 rings (SSSR count). The van der Waals surface area contributed by atoms with E-state index in [2.05, 4.69) is 24.1 Å². The Kier molecular flexibility index (Phi) is 4.00. The average Bonchev–Trinajstić information content (AvgIpc) is 2.38. The van der Waals surface area contributed by atoms with Gasteiger partial charge in [0.1, 0.15) is 11.5 Å². The summed E-state index contributed by atoms with van der Waals surface area (Å²) in [4.78, 5) is 16.2. The molecule has 1 amide bonds. The molecule has 0 saturated heterocycles. The quantitative estimate of drug-likeness (QED) is 0.884. The lowest BCUT2D eigenvalue weighted by Gasteiger charge is -2.08. The number of nitrogens with zero attached hydrogens (tertiary/aromatic N) is 1. The highest BCUT2D eigenvalue weighted by atomic mass is 16.1. The number of nitrogen functional groups attached to an aromatic ring is 1. The molecule has 0 spiro atoms. The van der Waals surface area contributed by atoms with Crippen molar-refractivity contribution in [3.63, 3.8) is 0 Å². The van der Waals surface area contributed by atoms with E-state index in [-0.39, 0.29) is 5.91 Å². The topological polar surface area (TPSA) is 68.0 Å². The monoisotopic (exact) mass is 257 g/mol. The van der Waals surface area contributed by atoms with Crippen LogP contribution in [0.25, 0.3) is 10.8 Å². The molecule has 0 aliphatic heterocycles. The van der Waals surface area contributed by atoms with Crippen molar-refractivity contribution in [1.29, 1.82) is 0 Å². The van der Waals surface area contributed by atoms with Crippen molar-refractivity contribution >= 4 is 22.5 Å². The summed E-state index contributed by atoms with van der Waals surface area (Å²) in [5.74, 6) is 0.792. The second kappa shape index (κ2) is 5.69. The smallest absolute Gasteiger partial charge is 0.269 e. The molecule has 0 fully saturated rings. The fourth-order valence-corrected chi connectivity index (χ4v) is 1.91. The normalized spacial score (nSPS) is 10.9. The Hall–Kier alpha value is -2.10. The minimum atomic E-state index is -0.168. The number of carbonyl (C=O) groups is 1. The number of carbonyl (C=O) groups excluding carboxylic acids is 1. The van der Waals surface area contributed by atoms with E-state index < -0.39 is 0 Å². The van der Waals surface area contributed by atoms with Gasteiger partial charge in [-0.15, -0.1) is 0 Å². The number of pyridine rings is 1. The van der Waals surface area contributed by atoms with Gasteiger partial charge >= 0.3 is 0 Å². The molecular weight excluding hydrogens is 238 g/mol. The van der Waals surface area contributed by atoms with E-state index in [1.54, 1.807) is 6.07 Å². The van der Waals surface area contributed by atoms with Crippen LogP contribution in [0.2, 0.25) is 0 Å². The number of anilines is 1. The molecule has 0 unspecified atom stereocenters. The maximum atomic E-state index is 12.0. The van der Waals surface area contributed by atoms with Crippen LogP contribution in [0.1, 0.15) is 30.8 Å². The lowest BCUT2D eigenvalue weighted by Crippen LogP contribution is -2.26. The zero-order valence-corrected chi connectivity index (χ0v) is 11.3. The highest BCUT2D eigenvalue weighted by Crippen LogP contribution is 2.19. The molecular formula is C15H19N3O. The first kappa shape index (κ1) is 13.3. The predicted octanol–water partition coefficient (Wildman–Crippen LogP) is 2.59. The Morgan fingerprint density at radius 2 is 2.11 bits per heavy atom. The molecule has 19 heavy (non-hydrogen) atoms. The van der Waals surface area contributed by atoms with Crippen molar-refractivity contribution in [3.8, 4) is 0 Å². The van der Waals surface area contributed by atoms with Crippen LogP contribution in [-0.2, 0) is 0 Å². The third-order valence-electron chi connectivity index (χ3n) is 3.01. The molecule has 3 N–H and O–H groups in total. The first-order valence-electron chi connectivity index (χ1n) is 6.51. The van der Waals surface area contributed by atoms with Crippen LogP contribution in [-0.4, -0.2) is 17.4 Å². The van der Waals surface area contributed by atoms with Crippen molar-refractivity contribution in [2.24, 2.45) is 5.92 Å². The summed E-state index contributed by atoms with van der Waals surface area (Å²) in [7, 11) is 0. The van der Waals surface area contributed by atoms with Crippen LogP contribution in [0.5, 0.6) is 0 Å². The molecule has 0 aliphatic rings. The summed E-state index contributed by atoms with van der Waals surface area (Å²) < 4.78 is 0. The van der Waals surface area contributed by atoms with Gasteiger partial charge in [0.15, 0.2) is 0 Å². The fraction of sp³-hybridized carbons (Fsp3) is 0.333. The molecule has 0 aliphatic carbocycles. The number of hydrogen-bond acceptors (Lipinski definition) is 3. The summed E-state index contributed by atoms with van der Waals surface area (Å²) in [5.41, 5.74) is 6.26. The van der Waals surface area contributed by atoms with Crippen molar-refractivity contribution in [3.05, 3.63) is 36.0 Å². The third-order valence-corrected chi connectivity index (χ3v) is 3.01. The van der Waals surface area contributed by atoms with E-state index >= 15 is 0 Å². The number of rotatable bonds is 4. The van der Waals surface area contributed by atoms with Crippen molar-refractivity contribution in [2.75, 3.05) is 12.3 Å². The van der Waals surface area contributed by atoms with Crippen LogP contribution in [0.4, 0.5) is 5.82 Å². The molecule has 4 heteroatoms. The third kappa shape index (κ3) is 3.22. The minimum absolute atomic E-state index is 0.168. The van der Waals surface area contributed by atoms with Gasteiger partial charge in [-0.3, -0.25) is 4.79 Å². The summed E-state index contributed by atoms with van der Waals surface area (Å²) in [6.07, 6.45) is 0.953. The van der Waals surface area contributed by atoms with E-state index in [4.69, 9.17) is 5.73 Å². The zero-order valence-electron chi connectivity index (χ0n) is 11.3. The van der Waals surface area contributed by atoms with Gasteiger partial charge < -0.3 is 11.1 Å². The molecule has 100 valence electrons. The maximum absolute atomic E-state index is 12.0. The average molecular weight is 257 g/mol. The van der Waals surface area contributed by atoms with Gasteiger partial charge in [-0.1, -0.05) is 38.1 Å². The Morgan fingerprint density at radius 3 is 2.84 bits per heavy atom. The predicted molar refractivity (Wildman–Crippen MR) is 77.9 cm³/mol. The number of hydrogen-bond donors (Lipinski definition) is 2. The SMILES string of the molecule is CC(C)CCNC(=O)c1cc2ccccc2c(N)n1. The van der Waals surface area contributed by atoms with Crippen molar-refractivity contribution in [2.45, 2.75) is 20.3 Å². The van der Waals surface area contributed by atoms with E-state index in [1.165, 1.54) is 0 Å². The van der Waals surface area contributed by atoms with Crippen LogP contribution in [0.3, 0.4) is 0 Å². The Morgan fingerprint density at radius 1 is 1.37 bits per heavy atom. The number of fused-ring (bicyclic) bond motifs is 1. The van der Waals surface area contributed by atoms with Gasteiger partial charge in [0.25, 0.3) is 5.91 Å². The Bertz CT molecular complexity index is 593. The molecule has 4 nitrogen and oxygen atoms in total. The number of nitrogens with one attached hydrogen (secondary N) is 1. The summed E-state index contributed by atoms with van der Waals surface area (Å²) in [5, 5.41) is 4.68. The summed E-state index contributed by atoms with van der Waals surface area (Å²) >= 11 is 0. The van der Waals surface area contributed by atoms with E-state index in [0.29, 0.717) is 24.0 Å². The van der Waals surface area contributed by atoms with Crippen molar-refractivity contribution in [1.82, 2.24) is 10.3 Å². The van der Waals surface area contributed by atoms with E-state index in [9.17, 15) is 4.79 Å². The zero-order chi connectivity index (χ0) is 13.8. The van der Waals surface area contributed by atoms with E-state index in [1.807, 2.05) is 24.3 Å². The van der Waals surface area contributed by atoms with Crippen LogP contribution >= 0.6 is 0 Å². The minimum Gasteiger partial charge on any atom is -0.383 e. The highest BCUT2D eigenvalue weighted by molar-refractivity contribution is 5.99. The standard InChI is InChI=1S/C15H19N3O/c1-10(2)7-8-17-15(19)13-9-11-5-3-4-6-12(11)14(16)18-13/h3-6,9-10H,7-8H2,1-2H3,(H2,16,18)(H,17,19). The molecule has 0 bridgehead atoms. The van der Waals surface area contributed by atoms with Gasteiger partial charge in [0.2, 0.25) is 0 Å². The van der Waals surface area contributed by atoms with Gasteiger partial charge in [-0.05, 0) is 23.8 Å². The summed E-state index contributed by atoms with van der Waals surface area (Å²) in [6, 6.07) is 9.43. The second-order valence-corrected chi connectivity index (χ2v) is 5.05. The highest BCUT2D eigenvalue weighted by Gasteiger charge is 2.10. The largest absolute Gasteiger partial charge is 0.383 e. The van der Waals surface area contributed by atoms with Gasteiger partial charge in [-0.25, -0.2) is 4.98 Å². The Labute approximate surface area is 113 Å². The first-order valence-corrected chi connectivity index (χ1v) is 6.51. The van der Waals surface area contributed by atoms with Gasteiger partial charge in [-0.2, -0.15) is 0 Å². The molecule has 0 radical (unpaired) electrons. The molecule has 1 aromatic carbocycles. The van der Waals surface area contributed by atoms with Crippen LogP contribution in [0, 0.1) is 5.92 Å². The molecule has 0 atom stereocenters. The summed E-state index contributed by atoms with van der Waals surface area (Å²) in [6.45, 7) is 4.90. The number of benzene rings is 1. The Balaban J connectivity index is 2.18. The molecule has 1 heterocycles. The van der Waals surface area contributed by atoms with Gasteiger partial charge in [0, 0.05) is 11.9 Å². The fourth-order valence-electron chi connectivity index (χ4n) is 1.91. The second-order valence-electron chi connectivity index (χ2n) is 5.05. The van der Waals surface area contributed by atoms with Crippen LogP contribution in [0.15, 0.2) is 30.3 Å². The maximum Gasteiger partial charge on any atom is 0.269 e. The number of nitrogens with two attached hydrogens (primary N) is 1. The van der Waals surface area contributed by atoms with Crippen molar-refractivity contribution < 1.29 is 4.79 Å². The molecule has 1 aromatic heterocycles. The number of aromatic nitrogens is 1. The number of amides is 1. The molecule has 2 aromatic rings. The lowest BCUT2D eigenvalue weighted by molar-refractivity contribution is 0.0947.